The van der Waals surface area contributed by atoms with Gasteiger partial charge < -0.3 is 5.32 Å². The summed E-state index contributed by atoms with van der Waals surface area (Å²) in [5, 5.41) is 3.30. The second-order valence-electron chi connectivity index (χ2n) is 5.08. The third kappa shape index (κ3) is 2.85. The first kappa shape index (κ1) is 13.2. The van der Waals surface area contributed by atoms with E-state index in [0.717, 1.165) is 36.6 Å². The van der Waals surface area contributed by atoms with Gasteiger partial charge >= 0.3 is 0 Å². The summed E-state index contributed by atoms with van der Waals surface area (Å²) in [6.45, 7) is 0.524. The van der Waals surface area contributed by atoms with E-state index >= 15 is 0 Å². The standard InChI is InChI=1S/C16H14F3N/c17-11-2-1-10(9-20-13-4-5-13)14(7-11)15-8-12(18)3-6-16(15)19/h1-3,6-8,13,20H,4-5,9H2. The fraction of sp³-hybridized carbons (Fsp3) is 0.250. The predicted octanol–water partition coefficient (Wildman–Crippen LogP) is 4.02. The molecule has 0 saturated heterocycles. The zero-order valence-electron chi connectivity index (χ0n) is 10.8. The molecule has 0 heterocycles. The van der Waals surface area contributed by atoms with Gasteiger partial charge in [0.1, 0.15) is 17.5 Å². The predicted molar refractivity (Wildman–Crippen MR) is 71.6 cm³/mol. The van der Waals surface area contributed by atoms with Crippen LogP contribution < -0.4 is 5.32 Å². The molecule has 0 aliphatic heterocycles. The van der Waals surface area contributed by atoms with Crippen LogP contribution in [-0.4, -0.2) is 6.04 Å². The summed E-state index contributed by atoms with van der Waals surface area (Å²) in [6, 6.07) is 7.92. The van der Waals surface area contributed by atoms with Crippen LogP contribution >= 0.6 is 0 Å². The zero-order chi connectivity index (χ0) is 14.1. The fourth-order valence-electron chi connectivity index (χ4n) is 2.20. The van der Waals surface area contributed by atoms with Crippen LogP contribution in [0.15, 0.2) is 36.4 Å². The van der Waals surface area contributed by atoms with Gasteiger partial charge in [-0.05, 0) is 54.3 Å². The summed E-state index contributed by atoms with van der Waals surface area (Å²) in [4.78, 5) is 0. The second kappa shape index (κ2) is 5.29. The summed E-state index contributed by atoms with van der Waals surface area (Å²) in [5.74, 6) is -1.55. The van der Waals surface area contributed by atoms with Crippen LogP contribution in [0.4, 0.5) is 13.2 Å². The van der Waals surface area contributed by atoms with Crippen molar-refractivity contribution in [3.8, 4) is 11.1 Å². The van der Waals surface area contributed by atoms with Crippen LogP contribution in [0.25, 0.3) is 11.1 Å². The monoisotopic (exact) mass is 277 g/mol. The lowest BCUT2D eigenvalue weighted by Gasteiger charge is -2.12. The smallest absolute Gasteiger partial charge is 0.131 e. The van der Waals surface area contributed by atoms with Crippen molar-refractivity contribution in [2.75, 3.05) is 0 Å². The van der Waals surface area contributed by atoms with Crippen molar-refractivity contribution in [2.45, 2.75) is 25.4 Å². The highest BCUT2D eigenvalue weighted by Crippen LogP contribution is 2.29. The third-order valence-electron chi connectivity index (χ3n) is 3.45. The van der Waals surface area contributed by atoms with E-state index in [1.807, 2.05) is 0 Å². The topological polar surface area (TPSA) is 12.0 Å². The van der Waals surface area contributed by atoms with Gasteiger partial charge in [-0.2, -0.15) is 0 Å². The van der Waals surface area contributed by atoms with Gasteiger partial charge in [-0.3, -0.25) is 0 Å². The molecular formula is C16H14F3N. The van der Waals surface area contributed by atoms with Crippen LogP contribution in [0, 0.1) is 17.5 Å². The Bertz CT molecular complexity index is 636. The maximum atomic E-state index is 13.9. The van der Waals surface area contributed by atoms with Crippen LogP contribution in [-0.2, 0) is 6.54 Å². The average Bonchev–Trinajstić information content (AvgIpc) is 3.24. The van der Waals surface area contributed by atoms with Gasteiger partial charge in [0.15, 0.2) is 0 Å². The van der Waals surface area contributed by atoms with Crippen LogP contribution in [0.3, 0.4) is 0 Å². The number of benzene rings is 2. The zero-order valence-corrected chi connectivity index (χ0v) is 10.8. The fourth-order valence-corrected chi connectivity index (χ4v) is 2.20. The maximum Gasteiger partial charge on any atom is 0.131 e. The summed E-state index contributed by atoms with van der Waals surface area (Å²) in [6.07, 6.45) is 2.26. The number of halogens is 3. The summed E-state index contributed by atoms with van der Waals surface area (Å²) in [7, 11) is 0. The maximum absolute atomic E-state index is 13.9. The second-order valence-corrected chi connectivity index (χ2v) is 5.08. The van der Waals surface area contributed by atoms with Crippen molar-refractivity contribution in [1.82, 2.24) is 5.32 Å². The van der Waals surface area contributed by atoms with Gasteiger partial charge in [-0.15, -0.1) is 0 Å². The lowest BCUT2D eigenvalue weighted by molar-refractivity contribution is 0.601. The van der Waals surface area contributed by atoms with Crippen molar-refractivity contribution in [2.24, 2.45) is 0 Å². The first-order valence-corrected chi connectivity index (χ1v) is 6.61. The Morgan fingerprint density at radius 3 is 2.25 bits per heavy atom. The van der Waals surface area contributed by atoms with Gasteiger partial charge in [-0.1, -0.05) is 6.07 Å². The summed E-state index contributed by atoms with van der Waals surface area (Å²) < 4.78 is 40.6. The normalized spacial score (nSPS) is 14.6. The third-order valence-corrected chi connectivity index (χ3v) is 3.45. The number of rotatable bonds is 4. The molecule has 1 fully saturated rings. The number of hydrogen-bond acceptors (Lipinski definition) is 1. The molecule has 1 aliphatic carbocycles. The minimum atomic E-state index is -0.551. The van der Waals surface area contributed by atoms with Gasteiger partial charge in [-0.25, -0.2) is 13.2 Å². The van der Waals surface area contributed by atoms with E-state index in [1.54, 1.807) is 6.07 Å². The Hall–Kier alpha value is -1.81. The number of hydrogen-bond donors (Lipinski definition) is 1. The van der Waals surface area contributed by atoms with Crippen molar-refractivity contribution < 1.29 is 13.2 Å². The molecule has 1 aliphatic rings. The van der Waals surface area contributed by atoms with Gasteiger partial charge in [0, 0.05) is 18.2 Å². The average molecular weight is 277 g/mol. The molecule has 3 rings (SSSR count). The van der Waals surface area contributed by atoms with E-state index in [0.29, 0.717) is 18.2 Å². The molecule has 20 heavy (non-hydrogen) atoms. The van der Waals surface area contributed by atoms with Gasteiger partial charge in [0.25, 0.3) is 0 Å². The van der Waals surface area contributed by atoms with Crippen molar-refractivity contribution >= 4 is 0 Å². The molecular weight excluding hydrogens is 263 g/mol. The first-order chi connectivity index (χ1) is 9.63. The van der Waals surface area contributed by atoms with Crippen molar-refractivity contribution in [1.29, 1.82) is 0 Å². The highest BCUT2D eigenvalue weighted by molar-refractivity contribution is 5.68. The highest BCUT2D eigenvalue weighted by Gasteiger charge is 2.21. The molecule has 2 aromatic rings. The molecule has 0 radical (unpaired) electrons. The van der Waals surface area contributed by atoms with E-state index in [1.165, 1.54) is 12.1 Å². The molecule has 1 saturated carbocycles. The SMILES string of the molecule is Fc1ccc(F)c(-c2cc(F)ccc2CNC2CC2)c1. The first-order valence-electron chi connectivity index (χ1n) is 6.61. The quantitative estimate of drug-likeness (QED) is 0.890. The van der Waals surface area contributed by atoms with E-state index in [4.69, 9.17) is 0 Å². The van der Waals surface area contributed by atoms with E-state index in [9.17, 15) is 13.2 Å². The van der Waals surface area contributed by atoms with Crippen molar-refractivity contribution in [3.63, 3.8) is 0 Å². The van der Waals surface area contributed by atoms with Gasteiger partial charge in [0.05, 0.1) is 0 Å². The molecule has 0 atom stereocenters. The Kier molecular flexibility index (Phi) is 3.49. The Balaban J connectivity index is 2.00. The molecule has 4 heteroatoms. The Labute approximate surface area is 115 Å². The molecule has 0 aromatic heterocycles. The molecule has 0 bridgehead atoms. The number of nitrogens with one attached hydrogen (secondary N) is 1. The highest BCUT2D eigenvalue weighted by atomic mass is 19.1. The van der Waals surface area contributed by atoms with Crippen LogP contribution in [0.1, 0.15) is 18.4 Å². The molecule has 0 amide bonds. The molecule has 0 spiro atoms. The van der Waals surface area contributed by atoms with E-state index in [2.05, 4.69) is 5.32 Å². The molecule has 0 unspecified atom stereocenters. The summed E-state index contributed by atoms with van der Waals surface area (Å²) in [5.41, 5.74) is 1.26. The lowest BCUT2D eigenvalue weighted by Crippen LogP contribution is -2.16. The molecule has 1 nitrogen and oxygen atoms in total. The Morgan fingerprint density at radius 1 is 0.900 bits per heavy atom. The Morgan fingerprint density at radius 2 is 1.55 bits per heavy atom. The molecule has 104 valence electrons. The van der Waals surface area contributed by atoms with E-state index in [-0.39, 0.29) is 5.56 Å². The van der Waals surface area contributed by atoms with Crippen molar-refractivity contribution in [3.05, 3.63) is 59.4 Å². The lowest BCUT2D eigenvalue weighted by atomic mass is 9.98. The molecule has 1 N–H and O–H groups in total. The van der Waals surface area contributed by atoms with Crippen LogP contribution in [0.2, 0.25) is 0 Å². The minimum absolute atomic E-state index is 0.0945. The minimum Gasteiger partial charge on any atom is -0.310 e. The molecule has 2 aromatic carbocycles. The van der Waals surface area contributed by atoms with Crippen LogP contribution in [0.5, 0.6) is 0 Å². The van der Waals surface area contributed by atoms with Gasteiger partial charge in [0.2, 0.25) is 0 Å². The summed E-state index contributed by atoms with van der Waals surface area (Å²) >= 11 is 0. The van der Waals surface area contributed by atoms with E-state index < -0.39 is 17.5 Å². The largest absolute Gasteiger partial charge is 0.310 e.